The number of aryl methyl sites for hydroxylation is 1. The van der Waals surface area contributed by atoms with Crippen LogP contribution in [-0.4, -0.2) is 25.6 Å². The molecule has 0 spiro atoms. The molecule has 110 valence electrons. The van der Waals surface area contributed by atoms with E-state index in [-0.39, 0.29) is 16.3 Å². The van der Waals surface area contributed by atoms with Crippen LogP contribution in [0.4, 0.5) is 10.1 Å². The lowest BCUT2D eigenvalue weighted by Gasteiger charge is -2.07. The van der Waals surface area contributed by atoms with Crippen LogP contribution in [0.2, 0.25) is 0 Å². The second kappa shape index (κ2) is 5.61. The second-order valence-corrected chi connectivity index (χ2v) is 6.56. The third-order valence-corrected chi connectivity index (χ3v) is 3.74. The molecule has 2 rings (SSSR count). The Hall–Kier alpha value is -2.28. The molecule has 0 bridgehead atoms. The zero-order valence-corrected chi connectivity index (χ0v) is 12.2. The first-order valence-corrected chi connectivity index (χ1v) is 7.90. The first kappa shape index (κ1) is 15.1. The van der Waals surface area contributed by atoms with Gasteiger partial charge in [0.1, 0.15) is 5.82 Å². The maximum absolute atomic E-state index is 13.6. The van der Waals surface area contributed by atoms with Crippen LogP contribution in [-0.2, 0) is 9.84 Å². The summed E-state index contributed by atoms with van der Waals surface area (Å²) in [5.41, 5.74) is 0.961. The molecular weight excluding hydrogens is 295 g/mol. The number of anilines is 1. The van der Waals surface area contributed by atoms with Crippen LogP contribution in [0, 0.1) is 12.7 Å². The summed E-state index contributed by atoms with van der Waals surface area (Å²) in [5, 5.41) is 2.37. The number of rotatable bonds is 3. The highest BCUT2D eigenvalue weighted by Gasteiger charge is 2.13. The Bertz CT molecular complexity index is 786. The van der Waals surface area contributed by atoms with E-state index < -0.39 is 21.6 Å². The molecule has 0 atom stereocenters. The first-order chi connectivity index (χ1) is 9.77. The van der Waals surface area contributed by atoms with Crippen molar-refractivity contribution in [3.63, 3.8) is 0 Å². The third-order valence-electron chi connectivity index (χ3n) is 2.74. The van der Waals surface area contributed by atoms with E-state index in [1.54, 1.807) is 13.0 Å². The van der Waals surface area contributed by atoms with E-state index in [9.17, 15) is 17.6 Å². The number of halogens is 1. The SMILES string of the molecule is Cc1ccc(F)c(C(=O)Nc2ccc(S(C)(=O)=O)nc2)c1. The van der Waals surface area contributed by atoms with Gasteiger partial charge < -0.3 is 5.32 Å². The number of carbonyl (C=O) groups is 1. The molecule has 7 heteroatoms. The summed E-state index contributed by atoms with van der Waals surface area (Å²) in [4.78, 5) is 15.7. The van der Waals surface area contributed by atoms with Crippen LogP contribution in [0.15, 0.2) is 41.6 Å². The molecule has 0 aliphatic heterocycles. The lowest BCUT2D eigenvalue weighted by Crippen LogP contribution is -2.14. The van der Waals surface area contributed by atoms with Crippen molar-refractivity contribution in [2.75, 3.05) is 11.6 Å². The number of nitrogens with one attached hydrogen (secondary N) is 1. The number of amides is 1. The monoisotopic (exact) mass is 308 g/mol. The zero-order valence-electron chi connectivity index (χ0n) is 11.4. The Balaban J connectivity index is 2.22. The van der Waals surface area contributed by atoms with Gasteiger partial charge in [-0.15, -0.1) is 0 Å². The van der Waals surface area contributed by atoms with Crippen LogP contribution >= 0.6 is 0 Å². The number of pyridine rings is 1. The quantitative estimate of drug-likeness (QED) is 0.943. The van der Waals surface area contributed by atoms with Crippen molar-refractivity contribution in [3.8, 4) is 0 Å². The van der Waals surface area contributed by atoms with Gasteiger partial charge >= 0.3 is 0 Å². The fraction of sp³-hybridized carbons (Fsp3) is 0.143. The van der Waals surface area contributed by atoms with Crippen molar-refractivity contribution in [3.05, 3.63) is 53.5 Å². The topological polar surface area (TPSA) is 76.1 Å². The molecule has 0 unspecified atom stereocenters. The predicted octanol–water partition coefficient (Wildman–Crippen LogP) is 2.18. The molecule has 21 heavy (non-hydrogen) atoms. The normalized spacial score (nSPS) is 11.2. The molecule has 0 saturated carbocycles. The van der Waals surface area contributed by atoms with Gasteiger partial charge in [0.2, 0.25) is 0 Å². The summed E-state index contributed by atoms with van der Waals surface area (Å²) in [6.07, 6.45) is 2.25. The summed E-state index contributed by atoms with van der Waals surface area (Å²) in [7, 11) is -3.40. The number of aromatic nitrogens is 1. The average molecular weight is 308 g/mol. The fourth-order valence-corrected chi connectivity index (χ4v) is 2.24. The average Bonchev–Trinajstić information content (AvgIpc) is 2.41. The van der Waals surface area contributed by atoms with Gasteiger partial charge in [0, 0.05) is 6.26 Å². The highest BCUT2D eigenvalue weighted by atomic mass is 32.2. The van der Waals surface area contributed by atoms with E-state index >= 15 is 0 Å². The molecule has 1 aromatic carbocycles. The molecule has 5 nitrogen and oxygen atoms in total. The summed E-state index contributed by atoms with van der Waals surface area (Å²) in [5.74, 6) is -1.25. The van der Waals surface area contributed by atoms with Crippen LogP contribution in [0.5, 0.6) is 0 Å². The van der Waals surface area contributed by atoms with Gasteiger partial charge in [-0.2, -0.15) is 0 Å². The van der Waals surface area contributed by atoms with Crippen molar-refractivity contribution in [1.82, 2.24) is 4.98 Å². The van der Waals surface area contributed by atoms with Gasteiger partial charge in [-0.1, -0.05) is 11.6 Å². The molecule has 0 aliphatic carbocycles. The van der Waals surface area contributed by atoms with Crippen molar-refractivity contribution in [1.29, 1.82) is 0 Å². The Morgan fingerprint density at radius 2 is 1.95 bits per heavy atom. The smallest absolute Gasteiger partial charge is 0.258 e. The maximum Gasteiger partial charge on any atom is 0.258 e. The molecule has 1 amide bonds. The molecule has 1 N–H and O–H groups in total. The van der Waals surface area contributed by atoms with Gasteiger partial charge in [-0.25, -0.2) is 17.8 Å². The second-order valence-electron chi connectivity index (χ2n) is 4.59. The molecule has 0 radical (unpaired) electrons. The van der Waals surface area contributed by atoms with Gasteiger partial charge in [-0.05, 0) is 31.2 Å². The number of sulfone groups is 1. The van der Waals surface area contributed by atoms with Crippen molar-refractivity contribution < 1.29 is 17.6 Å². The van der Waals surface area contributed by atoms with Crippen LogP contribution in [0.3, 0.4) is 0 Å². The minimum absolute atomic E-state index is 0.0813. The Labute approximate surface area is 121 Å². The minimum Gasteiger partial charge on any atom is -0.320 e. The predicted molar refractivity (Wildman–Crippen MR) is 76.4 cm³/mol. The van der Waals surface area contributed by atoms with E-state index in [0.717, 1.165) is 11.8 Å². The zero-order chi connectivity index (χ0) is 15.6. The van der Waals surface area contributed by atoms with E-state index in [4.69, 9.17) is 0 Å². The lowest BCUT2D eigenvalue weighted by atomic mass is 10.1. The van der Waals surface area contributed by atoms with E-state index in [2.05, 4.69) is 10.3 Å². The van der Waals surface area contributed by atoms with Gasteiger partial charge in [0.05, 0.1) is 17.4 Å². The third kappa shape index (κ3) is 3.63. The van der Waals surface area contributed by atoms with Gasteiger partial charge in [0.25, 0.3) is 5.91 Å². The van der Waals surface area contributed by atoms with Crippen LogP contribution < -0.4 is 5.32 Å². The Morgan fingerprint density at radius 3 is 2.52 bits per heavy atom. The van der Waals surface area contributed by atoms with E-state index in [0.29, 0.717) is 0 Å². The fourth-order valence-electron chi connectivity index (χ4n) is 1.69. The first-order valence-electron chi connectivity index (χ1n) is 6.01. The molecule has 1 heterocycles. The molecule has 0 saturated heterocycles. The van der Waals surface area contributed by atoms with E-state index in [1.807, 2.05) is 0 Å². The standard InChI is InChI=1S/C14H13FN2O3S/c1-9-3-5-12(15)11(7-9)14(18)17-10-4-6-13(16-8-10)21(2,19)20/h3-8H,1-2H3,(H,17,18). The number of hydrogen-bond donors (Lipinski definition) is 1. The summed E-state index contributed by atoms with van der Waals surface area (Å²) >= 11 is 0. The summed E-state index contributed by atoms with van der Waals surface area (Å²) in [6.45, 7) is 1.75. The van der Waals surface area contributed by atoms with E-state index in [1.165, 1.54) is 30.5 Å². The number of benzene rings is 1. The molecule has 0 fully saturated rings. The summed E-state index contributed by atoms with van der Waals surface area (Å²) < 4.78 is 36.1. The van der Waals surface area contributed by atoms with Crippen molar-refractivity contribution in [2.24, 2.45) is 0 Å². The Morgan fingerprint density at radius 1 is 1.24 bits per heavy atom. The summed E-state index contributed by atoms with van der Waals surface area (Å²) in [6, 6.07) is 6.89. The largest absolute Gasteiger partial charge is 0.320 e. The highest BCUT2D eigenvalue weighted by Crippen LogP contribution is 2.14. The van der Waals surface area contributed by atoms with Gasteiger partial charge in [0.15, 0.2) is 14.9 Å². The molecule has 0 aliphatic rings. The lowest BCUT2D eigenvalue weighted by molar-refractivity contribution is 0.102. The van der Waals surface area contributed by atoms with Crippen LogP contribution in [0.1, 0.15) is 15.9 Å². The molecule has 2 aromatic rings. The Kier molecular flexibility index (Phi) is 4.04. The number of carbonyl (C=O) groups excluding carboxylic acids is 1. The molecular formula is C14H13FN2O3S. The van der Waals surface area contributed by atoms with Gasteiger partial charge in [-0.3, -0.25) is 4.79 Å². The maximum atomic E-state index is 13.6. The van der Waals surface area contributed by atoms with Crippen molar-refractivity contribution in [2.45, 2.75) is 11.9 Å². The minimum atomic E-state index is -3.40. The number of nitrogens with zero attached hydrogens (tertiary/aromatic N) is 1. The number of hydrogen-bond acceptors (Lipinski definition) is 4. The van der Waals surface area contributed by atoms with Crippen LogP contribution in [0.25, 0.3) is 0 Å². The van der Waals surface area contributed by atoms with Crippen molar-refractivity contribution >= 4 is 21.4 Å². The molecule has 1 aromatic heterocycles. The highest BCUT2D eigenvalue weighted by molar-refractivity contribution is 7.90.